The first kappa shape index (κ1) is 18.5. The van der Waals surface area contributed by atoms with Gasteiger partial charge in [-0.25, -0.2) is 13.6 Å². The summed E-state index contributed by atoms with van der Waals surface area (Å²) in [5, 5.41) is 11.6. The molecule has 0 aliphatic rings. The van der Waals surface area contributed by atoms with Gasteiger partial charge in [-0.05, 0) is 29.7 Å². The second kappa shape index (κ2) is 8.34. The van der Waals surface area contributed by atoms with Gasteiger partial charge in [0, 0.05) is 6.42 Å². The Balaban J connectivity index is 2.01. The molecule has 0 fully saturated rings. The van der Waals surface area contributed by atoms with E-state index in [0.29, 0.717) is 0 Å². The van der Waals surface area contributed by atoms with E-state index in [4.69, 9.17) is 5.73 Å². The monoisotopic (exact) mass is 348 g/mol. The van der Waals surface area contributed by atoms with Gasteiger partial charge in [0.05, 0.1) is 6.04 Å². The van der Waals surface area contributed by atoms with Crippen molar-refractivity contribution in [3.63, 3.8) is 0 Å². The average Bonchev–Trinajstić information content (AvgIpc) is 2.58. The summed E-state index contributed by atoms with van der Waals surface area (Å²) in [6.07, 6.45) is 0.0700. The highest BCUT2D eigenvalue weighted by atomic mass is 19.2. The lowest BCUT2D eigenvalue weighted by molar-refractivity contribution is -0.141. The van der Waals surface area contributed by atoms with Gasteiger partial charge in [0.1, 0.15) is 6.04 Å². The lowest BCUT2D eigenvalue weighted by Gasteiger charge is -2.18. The molecule has 25 heavy (non-hydrogen) atoms. The fourth-order valence-corrected chi connectivity index (χ4v) is 2.34. The molecule has 2 rings (SSSR count). The third-order valence-corrected chi connectivity index (χ3v) is 3.67. The van der Waals surface area contributed by atoms with Crippen LogP contribution in [0, 0.1) is 11.6 Å². The van der Waals surface area contributed by atoms with Crippen molar-refractivity contribution in [1.29, 1.82) is 0 Å². The van der Waals surface area contributed by atoms with Crippen LogP contribution in [0.2, 0.25) is 0 Å². The molecule has 0 radical (unpaired) electrons. The van der Waals surface area contributed by atoms with Gasteiger partial charge in [-0.3, -0.25) is 4.79 Å². The lowest BCUT2D eigenvalue weighted by Crippen LogP contribution is -2.50. The van der Waals surface area contributed by atoms with Crippen molar-refractivity contribution in [2.24, 2.45) is 5.73 Å². The Labute approximate surface area is 143 Å². The molecule has 2 aromatic carbocycles. The summed E-state index contributed by atoms with van der Waals surface area (Å²) in [7, 11) is 0. The van der Waals surface area contributed by atoms with Crippen LogP contribution in [-0.2, 0) is 22.4 Å². The van der Waals surface area contributed by atoms with E-state index in [2.05, 4.69) is 5.32 Å². The van der Waals surface area contributed by atoms with Gasteiger partial charge in [0.15, 0.2) is 11.6 Å². The highest BCUT2D eigenvalue weighted by Gasteiger charge is 2.24. The summed E-state index contributed by atoms with van der Waals surface area (Å²) in [5.41, 5.74) is 6.92. The Morgan fingerprint density at radius 2 is 1.68 bits per heavy atom. The zero-order chi connectivity index (χ0) is 18.4. The molecule has 132 valence electrons. The van der Waals surface area contributed by atoms with Crippen LogP contribution in [0.5, 0.6) is 0 Å². The van der Waals surface area contributed by atoms with Crippen molar-refractivity contribution in [1.82, 2.24) is 5.32 Å². The average molecular weight is 348 g/mol. The summed E-state index contributed by atoms with van der Waals surface area (Å²) < 4.78 is 26.2. The molecule has 1 amide bonds. The molecule has 2 aromatic rings. The third-order valence-electron chi connectivity index (χ3n) is 3.67. The number of halogens is 2. The van der Waals surface area contributed by atoms with Gasteiger partial charge in [-0.15, -0.1) is 0 Å². The third kappa shape index (κ3) is 5.36. The molecule has 0 saturated heterocycles. The predicted molar refractivity (Wildman–Crippen MR) is 87.7 cm³/mol. The molecule has 0 heterocycles. The number of nitrogens with one attached hydrogen (secondary N) is 1. The van der Waals surface area contributed by atoms with Crippen molar-refractivity contribution in [2.75, 3.05) is 0 Å². The van der Waals surface area contributed by atoms with Gasteiger partial charge in [0.25, 0.3) is 0 Å². The number of carbonyl (C=O) groups excluding carboxylic acids is 1. The first-order chi connectivity index (χ1) is 11.9. The summed E-state index contributed by atoms with van der Waals surface area (Å²) in [6, 6.07) is 9.93. The second-order valence-electron chi connectivity index (χ2n) is 5.65. The normalized spacial score (nSPS) is 13.1. The van der Waals surface area contributed by atoms with E-state index in [-0.39, 0.29) is 18.4 Å². The Morgan fingerprint density at radius 3 is 2.28 bits per heavy atom. The Bertz CT molecular complexity index is 753. The zero-order valence-electron chi connectivity index (χ0n) is 13.3. The van der Waals surface area contributed by atoms with Gasteiger partial charge in [-0.2, -0.15) is 0 Å². The van der Waals surface area contributed by atoms with Gasteiger partial charge < -0.3 is 16.2 Å². The molecular weight excluding hydrogens is 330 g/mol. The van der Waals surface area contributed by atoms with Crippen LogP contribution in [0.15, 0.2) is 48.5 Å². The highest BCUT2D eigenvalue weighted by molar-refractivity contribution is 5.87. The van der Waals surface area contributed by atoms with Crippen LogP contribution in [0.25, 0.3) is 0 Å². The number of aliphatic carboxylic acids is 1. The van der Waals surface area contributed by atoms with Crippen LogP contribution in [-0.4, -0.2) is 29.1 Å². The molecule has 2 atom stereocenters. The predicted octanol–water partition coefficient (Wildman–Crippen LogP) is 1.65. The molecule has 5 nitrogen and oxygen atoms in total. The smallest absolute Gasteiger partial charge is 0.326 e. The maximum atomic E-state index is 13.2. The number of benzene rings is 2. The lowest BCUT2D eigenvalue weighted by atomic mass is 10.0. The number of carboxylic acids is 1. The van der Waals surface area contributed by atoms with E-state index >= 15 is 0 Å². The summed E-state index contributed by atoms with van der Waals surface area (Å²) in [4.78, 5) is 23.5. The van der Waals surface area contributed by atoms with E-state index in [1.165, 1.54) is 6.07 Å². The minimum Gasteiger partial charge on any atom is -0.480 e. The summed E-state index contributed by atoms with van der Waals surface area (Å²) in [6.45, 7) is 0. The number of amides is 1. The van der Waals surface area contributed by atoms with Crippen LogP contribution in [0.1, 0.15) is 11.1 Å². The minimum absolute atomic E-state index is 0.184. The van der Waals surface area contributed by atoms with Gasteiger partial charge >= 0.3 is 5.97 Å². The summed E-state index contributed by atoms with van der Waals surface area (Å²) in [5.74, 6) is -4.01. The van der Waals surface area contributed by atoms with E-state index in [1.807, 2.05) is 30.3 Å². The Kier molecular flexibility index (Phi) is 6.19. The van der Waals surface area contributed by atoms with E-state index < -0.39 is 35.6 Å². The van der Waals surface area contributed by atoms with Crippen LogP contribution < -0.4 is 11.1 Å². The molecule has 0 spiro atoms. The first-order valence-corrected chi connectivity index (χ1v) is 7.63. The van der Waals surface area contributed by atoms with E-state index in [9.17, 15) is 23.5 Å². The second-order valence-corrected chi connectivity index (χ2v) is 5.65. The highest BCUT2D eigenvalue weighted by Crippen LogP contribution is 2.11. The van der Waals surface area contributed by atoms with Gasteiger partial charge in [0.2, 0.25) is 5.91 Å². The Morgan fingerprint density at radius 1 is 1.00 bits per heavy atom. The van der Waals surface area contributed by atoms with Crippen LogP contribution in [0.3, 0.4) is 0 Å². The number of carboxylic acid groups (broad SMARTS) is 1. The maximum Gasteiger partial charge on any atom is 0.326 e. The SMILES string of the molecule is N[C@@H](Cc1ccccc1)C(=O)NC(Cc1ccc(F)c(F)c1)C(=O)O. The van der Waals surface area contributed by atoms with Crippen molar-refractivity contribution in [3.05, 3.63) is 71.3 Å². The van der Waals surface area contributed by atoms with Crippen LogP contribution >= 0.6 is 0 Å². The fourth-order valence-electron chi connectivity index (χ4n) is 2.34. The molecule has 0 aliphatic heterocycles. The fraction of sp³-hybridized carbons (Fsp3) is 0.222. The molecule has 0 bridgehead atoms. The minimum atomic E-state index is -1.29. The van der Waals surface area contributed by atoms with Crippen molar-refractivity contribution < 1.29 is 23.5 Å². The largest absolute Gasteiger partial charge is 0.480 e. The van der Waals surface area contributed by atoms with Crippen LogP contribution in [0.4, 0.5) is 8.78 Å². The molecule has 4 N–H and O–H groups in total. The molecule has 7 heteroatoms. The molecule has 0 aromatic heterocycles. The number of rotatable bonds is 7. The molecule has 0 saturated carbocycles. The zero-order valence-corrected chi connectivity index (χ0v) is 13.3. The molecular formula is C18H18F2N2O3. The van der Waals surface area contributed by atoms with E-state index in [1.54, 1.807) is 0 Å². The standard InChI is InChI=1S/C18H18F2N2O3/c19-13-7-6-12(8-14(13)20)10-16(18(24)25)22-17(23)15(21)9-11-4-2-1-3-5-11/h1-8,15-16H,9-10,21H2,(H,22,23)(H,24,25)/t15-,16?/m0/s1. The van der Waals surface area contributed by atoms with Crippen molar-refractivity contribution in [2.45, 2.75) is 24.9 Å². The molecule has 1 unspecified atom stereocenters. The van der Waals surface area contributed by atoms with Crippen molar-refractivity contribution >= 4 is 11.9 Å². The Hall–Kier alpha value is -2.80. The quantitative estimate of drug-likeness (QED) is 0.709. The van der Waals surface area contributed by atoms with E-state index in [0.717, 1.165) is 17.7 Å². The topological polar surface area (TPSA) is 92.4 Å². The van der Waals surface area contributed by atoms with Gasteiger partial charge in [-0.1, -0.05) is 36.4 Å². The number of hydrogen-bond donors (Lipinski definition) is 3. The summed E-state index contributed by atoms with van der Waals surface area (Å²) >= 11 is 0. The first-order valence-electron chi connectivity index (χ1n) is 7.63. The number of hydrogen-bond acceptors (Lipinski definition) is 3. The number of nitrogens with two attached hydrogens (primary N) is 1. The molecule has 0 aliphatic carbocycles. The number of carbonyl (C=O) groups is 2. The maximum absolute atomic E-state index is 13.2. The van der Waals surface area contributed by atoms with Crippen molar-refractivity contribution in [3.8, 4) is 0 Å².